The Labute approximate surface area is 172 Å². The second-order valence-corrected chi connectivity index (χ2v) is 6.60. The molecule has 0 radical (unpaired) electrons. The second kappa shape index (κ2) is 8.10. The molecule has 0 amide bonds. The Morgan fingerprint density at radius 3 is 1.74 bits per heavy atom. The van der Waals surface area contributed by atoms with Crippen LogP contribution >= 0.6 is 0 Å². The molecular weight excluding hydrogens is 430 g/mol. The fourth-order valence-corrected chi connectivity index (χ4v) is 3.04. The summed E-state index contributed by atoms with van der Waals surface area (Å²) in [5, 5.41) is 3.92. The molecule has 2 N–H and O–H groups in total. The Bertz CT molecular complexity index is 989. The van der Waals surface area contributed by atoms with Crippen molar-refractivity contribution in [2.75, 3.05) is 0 Å². The Hall–Kier alpha value is -3.28. The van der Waals surface area contributed by atoms with E-state index in [0.717, 1.165) is 24.3 Å². The van der Waals surface area contributed by atoms with Gasteiger partial charge in [0.25, 0.3) is 0 Å². The van der Waals surface area contributed by atoms with Gasteiger partial charge in [-0.15, -0.1) is 26.3 Å². The minimum Gasteiger partial charge on any atom is -0.406 e. The quantitative estimate of drug-likeness (QED) is 0.578. The van der Waals surface area contributed by atoms with E-state index in [4.69, 9.17) is 5.73 Å². The molecule has 0 bridgehead atoms. The van der Waals surface area contributed by atoms with Crippen molar-refractivity contribution in [3.8, 4) is 11.5 Å². The highest BCUT2D eigenvalue weighted by Crippen LogP contribution is 2.36. The molecule has 0 aliphatic rings. The number of ether oxygens (including phenoxy) is 2. The molecule has 31 heavy (non-hydrogen) atoms. The van der Waals surface area contributed by atoms with E-state index >= 15 is 0 Å². The standard InChI is InChI=1S/C19H16F6N4O2/c1-29-16(27-11-28-29)10-17(26,12-4-2-6-14(8-12)30-18(20,21)22)13-5-3-7-15(9-13)31-19(23,24)25/h2-9,11H,10,26H2,1H3. The van der Waals surface area contributed by atoms with Crippen LogP contribution in [0.15, 0.2) is 54.9 Å². The SMILES string of the molecule is Cn1ncnc1CC(N)(c1cccc(OC(F)(F)F)c1)c1cccc(OC(F)(F)F)c1. The number of alkyl halides is 6. The molecule has 0 saturated carbocycles. The molecule has 166 valence electrons. The molecule has 0 fully saturated rings. The second-order valence-electron chi connectivity index (χ2n) is 6.60. The van der Waals surface area contributed by atoms with Crippen molar-refractivity contribution in [1.29, 1.82) is 0 Å². The molecular formula is C19H16F6N4O2. The first kappa shape index (κ1) is 22.4. The maximum Gasteiger partial charge on any atom is 0.573 e. The largest absolute Gasteiger partial charge is 0.573 e. The van der Waals surface area contributed by atoms with E-state index in [0.29, 0.717) is 5.82 Å². The van der Waals surface area contributed by atoms with Gasteiger partial charge in [-0.05, 0) is 35.4 Å². The molecule has 1 heterocycles. The van der Waals surface area contributed by atoms with Gasteiger partial charge in [-0.1, -0.05) is 24.3 Å². The number of hydrogen-bond donors (Lipinski definition) is 1. The number of nitrogens with zero attached hydrogens (tertiary/aromatic N) is 3. The molecule has 3 rings (SSSR count). The summed E-state index contributed by atoms with van der Waals surface area (Å²) >= 11 is 0. The lowest BCUT2D eigenvalue weighted by molar-refractivity contribution is -0.275. The molecule has 6 nitrogen and oxygen atoms in total. The zero-order valence-corrected chi connectivity index (χ0v) is 15.9. The third-order valence-corrected chi connectivity index (χ3v) is 4.41. The van der Waals surface area contributed by atoms with Crippen molar-refractivity contribution in [3.05, 3.63) is 71.8 Å². The van der Waals surface area contributed by atoms with Crippen LogP contribution in [0.2, 0.25) is 0 Å². The first-order valence-electron chi connectivity index (χ1n) is 8.70. The lowest BCUT2D eigenvalue weighted by Crippen LogP contribution is -2.41. The van der Waals surface area contributed by atoms with E-state index < -0.39 is 29.8 Å². The van der Waals surface area contributed by atoms with Gasteiger partial charge in [0.15, 0.2) is 0 Å². The minimum atomic E-state index is -4.93. The van der Waals surface area contributed by atoms with Crippen LogP contribution in [0, 0.1) is 0 Å². The Morgan fingerprint density at radius 1 is 0.871 bits per heavy atom. The summed E-state index contributed by atoms with van der Waals surface area (Å²) in [6.07, 6.45) is -8.70. The van der Waals surface area contributed by atoms with Crippen LogP contribution in [0.4, 0.5) is 26.3 Å². The normalized spacial score (nSPS) is 12.6. The zero-order chi connectivity index (χ0) is 22.9. The van der Waals surface area contributed by atoms with Crippen molar-refractivity contribution in [1.82, 2.24) is 14.8 Å². The molecule has 0 unspecified atom stereocenters. The van der Waals surface area contributed by atoms with Crippen LogP contribution in [0.3, 0.4) is 0 Å². The fraction of sp³-hybridized carbons (Fsp3) is 0.263. The maximum absolute atomic E-state index is 12.7. The highest BCUT2D eigenvalue weighted by molar-refractivity contribution is 5.44. The van der Waals surface area contributed by atoms with E-state index in [1.54, 1.807) is 7.05 Å². The molecule has 0 spiro atoms. The summed E-state index contributed by atoms with van der Waals surface area (Å²) in [5.74, 6) is -0.701. The van der Waals surface area contributed by atoms with E-state index in [9.17, 15) is 26.3 Å². The topological polar surface area (TPSA) is 75.2 Å². The average molecular weight is 446 g/mol. The number of aryl methyl sites for hydroxylation is 1. The summed E-state index contributed by atoms with van der Waals surface area (Å²) in [6, 6.07) is 9.79. The molecule has 1 aromatic heterocycles. The van der Waals surface area contributed by atoms with Gasteiger partial charge in [0.1, 0.15) is 23.7 Å². The van der Waals surface area contributed by atoms with Crippen molar-refractivity contribution in [2.45, 2.75) is 24.7 Å². The molecule has 0 aliphatic carbocycles. The van der Waals surface area contributed by atoms with Crippen LogP contribution in [-0.2, 0) is 19.0 Å². The van der Waals surface area contributed by atoms with Gasteiger partial charge >= 0.3 is 12.7 Å². The fourth-order valence-electron chi connectivity index (χ4n) is 3.04. The van der Waals surface area contributed by atoms with Crippen LogP contribution in [0.25, 0.3) is 0 Å². The van der Waals surface area contributed by atoms with Crippen LogP contribution < -0.4 is 15.2 Å². The summed E-state index contributed by atoms with van der Waals surface area (Å²) in [6.45, 7) is 0. The first-order valence-corrected chi connectivity index (χ1v) is 8.70. The molecule has 0 saturated heterocycles. The molecule has 3 aromatic rings. The van der Waals surface area contributed by atoms with E-state index in [-0.39, 0.29) is 17.5 Å². The lowest BCUT2D eigenvalue weighted by atomic mass is 9.80. The van der Waals surface area contributed by atoms with Gasteiger partial charge in [-0.2, -0.15) is 5.10 Å². The minimum absolute atomic E-state index is 0.0888. The van der Waals surface area contributed by atoms with E-state index in [1.807, 2.05) is 0 Å². The Morgan fingerprint density at radius 2 is 1.35 bits per heavy atom. The molecule has 12 heteroatoms. The first-order chi connectivity index (χ1) is 14.4. The summed E-state index contributed by atoms with van der Waals surface area (Å²) in [5.41, 5.74) is 5.33. The van der Waals surface area contributed by atoms with E-state index in [1.165, 1.54) is 35.3 Å². The number of hydrogen-bond acceptors (Lipinski definition) is 5. The van der Waals surface area contributed by atoms with Gasteiger partial charge in [0, 0.05) is 13.5 Å². The van der Waals surface area contributed by atoms with Crippen molar-refractivity contribution >= 4 is 0 Å². The van der Waals surface area contributed by atoms with Crippen LogP contribution in [0.5, 0.6) is 11.5 Å². The molecule has 2 aromatic carbocycles. The Kier molecular flexibility index (Phi) is 5.85. The lowest BCUT2D eigenvalue weighted by Gasteiger charge is -2.31. The third-order valence-electron chi connectivity index (χ3n) is 4.41. The predicted molar refractivity (Wildman–Crippen MR) is 95.9 cm³/mol. The monoisotopic (exact) mass is 446 g/mol. The number of nitrogens with two attached hydrogens (primary N) is 1. The smallest absolute Gasteiger partial charge is 0.406 e. The number of halogens is 6. The van der Waals surface area contributed by atoms with E-state index in [2.05, 4.69) is 19.6 Å². The van der Waals surface area contributed by atoms with Gasteiger partial charge < -0.3 is 15.2 Å². The van der Waals surface area contributed by atoms with Crippen LogP contribution in [-0.4, -0.2) is 27.5 Å². The summed E-state index contributed by atoms with van der Waals surface area (Å²) in [7, 11) is 1.58. The van der Waals surface area contributed by atoms with Gasteiger partial charge in [-0.25, -0.2) is 4.98 Å². The number of benzene rings is 2. The maximum atomic E-state index is 12.7. The molecule has 0 aliphatic heterocycles. The Balaban J connectivity index is 2.10. The van der Waals surface area contributed by atoms with Gasteiger partial charge in [0.2, 0.25) is 0 Å². The summed E-state index contributed by atoms with van der Waals surface area (Å²) in [4.78, 5) is 4.06. The summed E-state index contributed by atoms with van der Waals surface area (Å²) < 4.78 is 85.3. The van der Waals surface area contributed by atoms with Crippen molar-refractivity contribution in [3.63, 3.8) is 0 Å². The zero-order valence-electron chi connectivity index (χ0n) is 15.9. The number of aromatic nitrogens is 3. The van der Waals surface area contributed by atoms with Crippen molar-refractivity contribution < 1.29 is 35.8 Å². The third kappa shape index (κ3) is 5.66. The molecule has 0 atom stereocenters. The van der Waals surface area contributed by atoms with Gasteiger partial charge in [0.05, 0.1) is 5.54 Å². The average Bonchev–Trinajstić information content (AvgIpc) is 3.04. The van der Waals surface area contributed by atoms with Crippen LogP contribution in [0.1, 0.15) is 17.0 Å². The predicted octanol–water partition coefficient (Wildman–Crippen LogP) is 4.06. The van der Waals surface area contributed by atoms with Crippen molar-refractivity contribution in [2.24, 2.45) is 12.8 Å². The number of rotatable bonds is 6. The highest BCUT2D eigenvalue weighted by atomic mass is 19.4. The highest BCUT2D eigenvalue weighted by Gasteiger charge is 2.36. The van der Waals surface area contributed by atoms with Gasteiger partial charge in [-0.3, -0.25) is 4.68 Å².